The fourth-order valence-corrected chi connectivity index (χ4v) is 6.58. The Hall–Kier alpha value is -1.87. The number of carbonyl (C=O) groups is 2. The van der Waals surface area contributed by atoms with Crippen LogP contribution in [-0.4, -0.2) is 56.4 Å². The molecule has 2 unspecified atom stereocenters. The first-order valence-electron chi connectivity index (χ1n) is 11.1. The van der Waals surface area contributed by atoms with Crippen LogP contribution in [0, 0.1) is 5.92 Å². The average molecular weight is 462 g/mol. The highest BCUT2D eigenvalue weighted by Gasteiger charge is 2.25. The highest BCUT2D eigenvalue weighted by Crippen LogP contribution is 2.38. The van der Waals surface area contributed by atoms with Gasteiger partial charge in [-0.25, -0.2) is 0 Å². The van der Waals surface area contributed by atoms with Gasteiger partial charge < -0.3 is 14.8 Å². The topological polar surface area (TPSA) is 80.1 Å². The summed E-state index contributed by atoms with van der Waals surface area (Å²) in [6, 6.07) is 2.35. The van der Waals surface area contributed by atoms with Gasteiger partial charge in [-0.1, -0.05) is 25.1 Å². The Morgan fingerprint density at radius 3 is 2.94 bits per heavy atom. The molecule has 2 aromatic heterocycles. The number of aromatic nitrogens is 3. The number of thioether (sulfide) groups is 1. The molecule has 2 aromatic rings. The van der Waals surface area contributed by atoms with E-state index in [-0.39, 0.29) is 17.9 Å². The molecule has 2 atom stereocenters. The first kappa shape index (κ1) is 22.3. The van der Waals surface area contributed by atoms with Crippen molar-refractivity contribution >= 4 is 34.9 Å². The maximum atomic E-state index is 12.7. The van der Waals surface area contributed by atoms with Crippen LogP contribution in [0.2, 0.25) is 0 Å². The lowest BCUT2D eigenvalue weighted by Gasteiger charge is -2.32. The number of aryl methyl sites for hydroxylation is 1. The second-order valence-electron chi connectivity index (χ2n) is 8.61. The molecule has 0 radical (unpaired) electrons. The number of likely N-dealkylation sites (tertiary alicyclic amines) is 1. The highest BCUT2D eigenvalue weighted by atomic mass is 32.2. The minimum absolute atomic E-state index is 0.0410. The number of carbonyl (C=O) groups excluding carboxylic acids is 2. The van der Waals surface area contributed by atoms with E-state index in [4.69, 9.17) is 0 Å². The van der Waals surface area contributed by atoms with E-state index >= 15 is 0 Å². The molecule has 1 aliphatic carbocycles. The van der Waals surface area contributed by atoms with Crippen LogP contribution in [0.4, 0.5) is 0 Å². The lowest BCUT2D eigenvalue weighted by atomic mass is 9.87. The van der Waals surface area contributed by atoms with Crippen LogP contribution in [0.3, 0.4) is 0 Å². The fourth-order valence-electron chi connectivity index (χ4n) is 4.54. The molecule has 0 spiro atoms. The first-order valence-corrected chi connectivity index (χ1v) is 12.9. The van der Waals surface area contributed by atoms with Crippen molar-refractivity contribution in [3.63, 3.8) is 0 Å². The van der Waals surface area contributed by atoms with Gasteiger partial charge in [0.2, 0.25) is 11.8 Å². The number of amides is 2. The van der Waals surface area contributed by atoms with E-state index < -0.39 is 0 Å². The quantitative estimate of drug-likeness (QED) is 0.668. The summed E-state index contributed by atoms with van der Waals surface area (Å²) in [7, 11) is 1.98. The van der Waals surface area contributed by atoms with Gasteiger partial charge in [0.25, 0.3) is 0 Å². The molecule has 0 bridgehead atoms. The van der Waals surface area contributed by atoms with E-state index in [1.807, 2.05) is 27.9 Å². The molecule has 31 heavy (non-hydrogen) atoms. The molecule has 1 N–H and O–H groups in total. The molecule has 3 heterocycles. The number of nitrogens with one attached hydrogen (secondary N) is 1. The van der Waals surface area contributed by atoms with Crippen molar-refractivity contribution in [2.75, 3.05) is 18.8 Å². The molecule has 7 nitrogen and oxygen atoms in total. The summed E-state index contributed by atoms with van der Waals surface area (Å²) >= 11 is 3.27. The third-order valence-corrected chi connectivity index (χ3v) is 8.56. The third kappa shape index (κ3) is 5.14. The summed E-state index contributed by atoms with van der Waals surface area (Å²) in [5, 5.41) is 12.5. The van der Waals surface area contributed by atoms with Crippen molar-refractivity contribution in [1.29, 1.82) is 0 Å². The summed E-state index contributed by atoms with van der Waals surface area (Å²) in [6.07, 6.45) is 6.70. The van der Waals surface area contributed by atoms with Crippen molar-refractivity contribution in [1.82, 2.24) is 25.0 Å². The zero-order chi connectivity index (χ0) is 22.0. The number of rotatable bonds is 6. The minimum atomic E-state index is -0.0410. The monoisotopic (exact) mass is 461 g/mol. The lowest BCUT2D eigenvalue weighted by Crippen LogP contribution is -2.49. The summed E-state index contributed by atoms with van der Waals surface area (Å²) in [5.74, 6) is 2.05. The summed E-state index contributed by atoms with van der Waals surface area (Å²) in [4.78, 5) is 28.6. The van der Waals surface area contributed by atoms with E-state index in [1.54, 1.807) is 0 Å². The van der Waals surface area contributed by atoms with E-state index in [1.165, 1.54) is 59.7 Å². The summed E-state index contributed by atoms with van der Waals surface area (Å²) < 4.78 is 2.00. The first-order chi connectivity index (χ1) is 14.9. The van der Waals surface area contributed by atoms with Crippen molar-refractivity contribution in [2.45, 2.75) is 63.6 Å². The van der Waals surface area contributed by atoms with Crippen LogP contribution in [0.15, 0.2) is 11.2 Å². The number of piperidine rings is 1. The van der Waals surface area contributed by atoms with Crippen LogP contribution in [0.1, 0.15) is 50.0 Å². The third-order valence-electron chi connectivity index (χ3n) is 6.32. The van der Waals surface area contributed by atoms with Crippen molar-refractivity contribution in [2.24, 2.45) is 13.0 Å². The Morgan fingerprint density at radius 1 is 1.32 bits per heavy atom. The van der Waals surface area contributed by atoms with Crippen molar-refractivity contribution in [3.8, 4) is 10.7 Å². The maximum Gasteiger partial charge on any atom is 0.233 e. The minimum Gasteiger partial charge on any atom is -0.352 e. The second-order valence-corrected chi connectivity index (χ2v) is 10.7. The average Bonchev–Trinajstić information content (AvgIpc) is 3.34. The molecule has 4 rings (SSSR count). The van der Waals surface area contributed by atoms with Gasteiger partial charge in [0.1, 0.15) is 0 Å². The van der Waals surface area contributed by atoms with Gasteiger partial charge in [-0.3, -0.25) is 9.59 Å². The number of fused-ring (bicyclic) bond motifs is 1. The fraction of sp³-hybridized carbons (Fsp3) is 0.636. The molecular weight excluding hydrogens is 430 g/mol. The molecular formula is C22H31N5O2S2. The maximum absolute atomic E-state index is 12.7. The number of thiophene rings is 1. The van der Waals surface area contributed by atoms with E-state index in [9.17, 15) is 9.59 Å². The van der Waals surface area contributed by atoms with E-state index in [0.29, 0.717) is 12.3 Å². The zero-order valence-electron chi connectivity index (χ0n) is 18.5. The van der Waals surface area contributed by atoms with Crippen LogP contribution in [-0.2, 0) is 29.5 Å². The molecule has 1 saturated heterocycles. The number of hydrogen-bond acceptors (Lipinski definition) is 6. The van der Waals surface area contributed by atoms with Crippen molar-refractivity contribution < 1.29 is 9.59 Å². The van der Waals surface area contributed by atoms with Crippen molar-refractivity contribution in [3.05, 3.63) is 16.5 Å². The van der Waals surface area contributed by atoms with Gasteiger partial charge in [-0.2, -0.15) is 0 Å². The Morgan fingerprint density at radius 2 is 2.16 bits per heavy atom. The predicted octanol–water partition coefficient (Wildman–Crippen LogP) is 3.28. The smallest absolute Gasteiger partial charge is 0.233 e. The zero-order valence-corrected chi connectivity index (χ0v) is 20.2. The largest absolute Gasteiger partial charge is 0.352 e. The molecule has 2 aliphatic rings. The van der Waals surface area contributed by atoms with Gasteiger partial charge in [-0.05, 0) is 49.7 Å². The summed E-state index contributed by atoms with van der Waals surface area (Å²) in [5.41, 5.74) is 1.48. The Bertz CT molecular complexity index is 954. The van der Waals surface area contributed by atoms with Crippen LogP contribution in [0.5, 0.6) is 0 Å². The molecule has 0 aromatic carbocycles. The second kappa shape index (κ2) is 9.73. The van der Waals surface area contributed by atoms with Gasteiger partial charge in [0, 0.05) is 38.0 Å². The molecule has 1 aliphatic heterocycles. The standard InChI is InChI=1S/C22H31N5O2S2/c1-4-15-7-8-18-16(10-15)11-19(31-18)21-24-25-22(26(21)3)30-13-20(29)27-9-5-6-17(12-27)23-14(2)28/h11,15,17H,4-10,12-13H2,1-3H3,(H,23,28). The van der Waals surface area contributed by atoms with E-state index in [0.717, 1.165) is 36.3 Å². The molecule has 0 saturated carbocycles. The molecule has 2 amide bonds. The lowest BCUT2D eigenvalue weighted by molar-refractivity contribution is -0.130. The Kier molecular flexibility index (Phi) is 7.01. The van der Waals surface area contributed by atoms with Crippen LogP contribution < -0.4 is 5.32 Å². The Balaban J connectivity index is 1.37. The SMILES string of the molecule is CCC1CCc2sc(-c3nnc(SCC(=O)N4CCCC(NC(C)=O)C4)n3C)cc2C1. The van der Waals surface area contributed by atoms with Gasteiger partial charge >= 0.3 is 0 Å². The Labute approximate surface area is 192 Å². The van der Waals surface area contributed by atoms with Gasteiger partial charge in [-0.15, -0.1) is 21.5 Å². The number of nitrogens with zero attached hydrogens (tertiary/aromatic N) is 4. The normalized spacial score (nSPS) is 21.1. The molecule has 1 fully saturated rings. The van der Waals surface area contributed by atoms with Crippen LogP contribution >= 0.6 is 23.1 Å². The molecule has 9 heteroatoms. The van der Waals surface area contributed by atoms with Gasteiger partial charge in [0.15, 0.2) is 11.0 Å². The van der Waals surface area contributed by atoms with Crippen LogP contribution in [0.25, 0.3) is 10.7 Å². The number of hydrogen-bond donors (Lipinski definition) is 1. The van der Waals surface area contributed by atoms with E-state index in [2.05, 4.69) is 28.5 Å². The molecule has 168 valence electrons. The predicted molar refractivity (Wildman–Crippen MR) is 124 cm³/mol. The van der Waals surface area contributed by atoms with Gasteiger partial charge in [0.05, 0.1) is 10.6 Å². The highest BCUT2D eigenvalue weighted by molar-refractivity contribution is 7.99. The summed E-state index contributed by atoms with van der Waals surface area (Å²) in [6.45, 7) is 5.14.